The molecule has 0 saturated heterocycles. The first-order chi connectivity index (χ1) is 17.6. The number of methoxy groups -OCH3 is 1. The van der Waals surface area contributed by atoms with Crippen molar-refractivity contribution < 1.29 is 19.1 Å². The van der Waals surface area contributed by atoms with Crippen molar-refractivity contribution in [2.45, 2.75) is 58.7 Å². The highest BCUT2D eigenvalue weighted by Gasteiger charge is 2.31. The zero-order valence-electron chi connectivity index (χ0n) is 22.2. The van der Waals surface area contributed by atoms with Gasteiger partial charge < -0.3 is 19.9 Å². The molecule has 0 spiro atoms. The molecule has 0 aliphatic carbocycles. The Bertz CT molecular complexity index is 1320. The number of anilines is 1. The summed E-state index contributed by atoms with van der Waals surface area (Å²) in [5, 5.41) is 4.98. The van der Waals surface area contributed by atoms with E-state index in [0.29, 0.717) is 24.3 Å². The third kappa shape index (κ3) is 5.77. The molecule has 3 aromatic carbocycles. The van der Waals surface area contributed by atoms with E-state index in [1.54, 1.807) is 23.8 Å². The Morgan fingerprint density at radius 3 is 2.46 bits per heavy atom. The van der Waals surface area contributed by atoms with E-state index in [0.717, 1.165) is 22.0 Å². The number of amides is 3. The standard InChI is InChI=1S/C30H35N3O4/c1-20(28(35)31-30(2,3)4)33(19-21-10-6-13-23(18-21)37-5)26(34)16-9-17-32-25-15-8-12-22-11-7-14-24(27(22)25)29(32)36/h6-8,10-15,18,20H,9,16-17,19H2,1-5H3,(H,31,35)/t20-/m1/s1. The summed E-state index contributed by atoms with van der Waals surface area (Å²) in [5.41, 5.74) is 2.05. The Morgan fingerprint density at radius 1 is 1.05 bits per heavy atom. The monoisotopic (exact) mass is 501 g/mol. The molecule has 0 unspecified atom stereocenters. The van der Waals surface area contributed by atoms with Gasteiger partial charge in [0.2, 0.25) is 11.8 Å². The van der Waals surface area contributed by atoms with Gasteiger partial charge in [0.1, 0.15) is 11.8 Å². The highest BCUT2D eigenvalue weighted by molar-refractivity contribution is 6.25. The summed E-state index contributed by atoms with van der Waals surface area (Å²) in [4.78, 5) is 42.9. The van der Waals surface area contributed by atoms with Crippen molar-refractivity contribution in [2.24, 2.45) is 0 Å². The smallest absolute Gasteiger partial charge is 0.258 e. The van der Waals surface area contributed by atoms with E-state index in [-0.39, 0.29) is 30.7 Å². The summed E-state index contributed by atoms with van der Waals surface area (Å²) in [6.45, 7) is 8.20. The molecule has 1 atom stereocenters. The fourth-order valence-electron chi connectivity index (χ4n) is 4.76. The van der Waals surface area contributed by atoms with Crippen LogP contribution in [-0.2, 0) is 16.1 Å². The summed E-state index contributed by atoms with van der Waals surface area (Å²) in [7, 11) is 1.60. The molecule has 1 aliphatic rings. The van der Waals surface area contributed by atoms with E-state index in [4.69, 9.17) is 4.74 Å². The lowest BCUT2D eigenvalue weighted by Crippen LogP contribution is -2.52. The second kappa shape index (κ2) is 10.6. The number of benzene rings is 3. The molecule has 194 valence electrons. The minimum atomic E-state index is -0.663. The van der Waals surface area contributed by atoms with Crippen molar-refractivity contribution in [3.8, 4) is 5.75 Å². The minimum Gasteiger partial charge on any atom is -0.497 e. The fourth-order valence-corrected chi connectivity index (χ4v) is 4.76. The predicted molar refractivity (Wildman–Crippen MR) is 146 cm³/mol. The molecule has 0 bridgehead atoms. The van der Waals surface area contributed by atoms with E-state index in [2.05, 4.69) is 5.32 Å². The van der Waals surface area contributed by atoms with E-state index < -0.39 is 11.6 Å². The molecular formula is C30H35N3O4. The molecule has 3 amide bonds. The van der Waals surface area contributed by atoms with Crippen molar-refractivity contribution in [2.75, 3.05) is 18.6 Å². The van der Waals surface area contributed by atoms with Gasteiger partial charge >= 0.3 is 0 Å². The summed E-state index contributed by atoms with van der Waals surface area (Å²) >= 11 is 0. The average Bonchev–Trinajstić information content (AvgIpc) is 3.14. The second-order valence-electron chi connectivity index (χ2n) is 10.5. The largest absolute Gasteiger partial charge is 0.497 e. The van der Waals surface area contributed by atoms with E-state index in [9.17, 15) is 14.4 Å². The number of nitrogens with zero attached hydrogens (tertiary/aromatic N) is 2. The van der Waals surface area contributed by atoms with Gasteiger partial charge in [0.15, 0.2) is 0 Å². The zero-order chi connectivity index (χ0) is 26.7. The SMILES string of the molecule is COc1cccc(CN(C(=O)CCCN2C(=O)c3cccc4cccc2c34)[C@H](C)C(=O)NC(C)(C)C)c1. The van der Waals surface area contributed by atoms with Crippen LogP contribution in [0.5, 0.6) is 5.75 Å². The van der Waals surface area contributed by atoms with Crippen LogP contribution in [0.15, 0.2) is 60.7 Å². The summed E-state index contributed by atoms with van der Waals surface area (Å²) in [6.07, 6.45) is 0.699. The lowest BCUT2D eigenvalue weighted by atomic mass is 10.1. The maximum Gasteiger partial charge on any atom is 0.258 e. The van der Waals surface area contributed by atoms with Crippen LogP contribution >= 0.6 is 0 Å². The van der Waals surface area contributed by atoms with Crippen LogP contribution in [0.1, 0.15) is 56.5 Å². The van der Waals surface area contributed by atoms with Gasteiger partial charge in [-0.1, -0.05) is 36.4 Å². The Hall–Kier alpha value is -3.87. The molecule has 3 aromatic rings. The summed E-state index contributed by atoms with van der Waals surface area (Å²) < 4.78 is 5.33. The lowest BCUT2D eigenvalue weighted by molar-refractivity contribution is -0.141. The number of rotatable bonds is 9. The Kier molecular flexibility index (Phi) is 7.52. The molecule has 0 saturated carbocycles. The molecule has 1 aliphatic heterocycles. The van der Waals surface area contributed by atoms with Gasteiger partial charge in [-0.3, -0.25) is 14.4 Å². The van der Waals surface area contributed by atoms with Gasteiger partial charge in [0.25, 0.3) is 5.91 Å². The van der Waals surface area contributed by atoms with E-state index in [1.807, 2.05) is 81.4 Å². The highest BCUT2D eigenvalue weighted by Crippen LogP contribution is 2.37. The quantitative estimate of drug-likeness (QED) is 0.451. The van der Waals surface area contributed by atoms with Crippen molar-refractivity contribution in [3.63, 3.8) is 0 Å². The van der Waals surface area contributed by atoms with Gasteiger partial charge in [0, 0.05) is 36.0 Å². The third-order valence-corrected chi connectivity index (χ3v) is 6.57. The number of hydrogen-bond donors (Lipinski definition) is 1. The number of carbonyl (C=O) groups is 3. The predicted octanol–water partition coefficient (Wildman–Crippen LogP) is 4.92. The van der Waals surface area contributed by atoms with E-state index >= 15 is 0 Å². The Labute approximate surface area is 218 Å². The van der Waals surface area contributed by atoms with Crippen LogP contribution in [-0.4, -0.2) is 47.9 Å². The Balaban J connectivity index is 1.48. The van der Waals surface area contributed by atoms with Crippen LogP contribution in [0.2, 0.25) is 0 Å². The van der Waals surface area contributed by atoms with E-state index in [1.165, 1.54) is 0 Å². The topological polar surface area (TPSA) is 79.0 Å². The fraction of sp³-hybridized carbons (Fsp3) is 0.367. The number of hydrogen-bond acceptors (Lipinski definition) is 4. The van der Waals surface area contributed by atoms with Gasteiger partial charge in [-0.15, -0.1) is 0 Å². The molecule has 1 N–H and O–H groups in total. The molecular weight excluding hydrogens is 466 g/mol. The van der Waals surface area contributed by atoms with Crippen molar-refractivity contribution >= 4 is 34.2 Å². The molecule has 7 heteroatoms. The van der Waals surface area contributed by atoms with Crippen LogP contribution in [0, 0.1) is 0 Å². The van der Waals surface area contributed by atoms with Gasteiger partial charge in [0.05, 0.1) is 12.8 Å². The van der Waals surface area contributed by atoms with Crippen molar-refractivity contribution in [3.05, 3.63) is 71.8 Å². The van der Waals surface area contributed by atoms with Gasteiger partial charge in [-0.05, 0) is 69.3 Å². The molecule has 0 radical (unpaired) electrons. The normalized spacial score (nSPS) is 13.5. The first kappa shape index (κ1) is 26.2. The first-order valence-electron chi connectivity index (χ1n) is 12.7. The number of nitrogens with one attached hydrogen (secondary N) is 1. The van der Waals surface area contributed by atoms with Crippen molar-refractivity contribution in [1.29, 1.82) is 0 Å². The second-order valence-corrected chi connectivity index (χ2v) is 10.5. The first-order valence-corrected chi connectivity index (χ1v) is 12.7. The van der Waals surface area contributed by atoms with Gasteiger partial charge in [-0.25, -0.2) is 0 Å². The van der Waals surface area contributed by atoms with Crippen LogP contribution < -0.4 is 15.0 Å². The zero-order valence-corrected chi connectivity index (χ0v) is 22.2. The maximum absolute atomic E-state index is 13.5. The molecule has 7 nitrogen and oxygen atoms in total. The minimum absolute atomic E-state index is 0.0367. The average molecular weight is 502 g/mol. The number of ether oxygens (including phenoxy) is 1. The van der Waals surface area contributed by atoms with Crippen LogP contribution in [0.4, 0.5) is 5.69 Å². The summed E-state index contributed by atoms with van der Waals surface area (Å²) in [5.74, 6) is 0.311. The van der Waals surface area contributed by atoms with Crippen molar-refractivity contribution in [1.82, 2.24) is 10.2 Å². The lowest BCUT2D eigenvalue weighted by Gasteiger charge is -2.31. The highest BCUT2D eigenvalue weighted by atomic mass is 16.5. The third-order valence-electron chi connectivity index (χ3n) is 6.57. The molecule has 0 fully saturated rings. The Morgan fingerprint density at radius 2 is 1.76 bits per heavy atom. The van der Waals surface area contributed by atoms with Gasteiger partial charge in [-0.2, -0.15) is 0 Å². The van der Waals surface area contributed by atoms with Crippen LogP contribution in [0.25, 0.3) is 10.8 Å². The summed E-state index contributed by atoms with van der Waals surface area (Å²) in [6, 6.07) is 18.5. The van der Waals surface area contributed by atoms with Crippen LogP contribution in [0.3, 0.4) is 0 Å². The number of carbonyl (C=O) groups excluding carboxylic acids is 3. The maximum atomic E-state index is 13.5. The molecule has 4 rings (SSSR count). The molecule has 0 aromatic heterocycles. The molecule has 1 heterocycles. The molecule has 37 heavy (non-hydrogen) atoms.